The van der Waals surface area contributed by atoms with Gasteiger partial charge in [0.15, 0.2) is 0 Å². The number of nitrogen functional groups attached to an aromatic ring is 1. The van der Waals surface area contributed by atoms with Crippen molar-refractivity contribution in [2.24, 2.45) is 0 Å². The van der Waals surface area contributed by atoms with Crippen LogP contribution in [0.3, 0.4) is 0 Å². The van der Waals surface area contributed by atoms with Gasteiger partial charge in [-0.2, -0.15) is 0 Å². The number of nitrogens with zero attached hydrogens (tertiary/aromatic N) is 2. The summed E-state index contributed by atoms with van der Waals surface area (Å²) in [5, 5.41) is 0. The molecule has 2 rings (SSSR count). The summed E-state index contributed by atoms with van der Waals surface area (Å²) >= 11 is 0. The van der Waals surface area contributed by atoms with Gasteiger partial charge in [-0.15, -0.1) is 0 Å². The van der Waals surface area contributed by atoms with Crippen LogP contribution in [0.15, 0.2) is 18.3 Å². The lowest BCUT2D eigenvalue weighted by Crippen LogP contribution is -2.29. The monoisotopic (exact) mass is 221 g/mol. The van der Waals surface area contributed by atoms with Crippen molar-refractivity contribution in [2.45, 2.75) is 32.6 Å². The fourth-order valence-corrected chi connectivity index (χ4v) is 1.96. The maximum atomic E-state index is 5.61. The van der Waals surface area contributed by atoms with Gasteiger partial charge < -0.3 is 10.6 Å². The van der Waals surface area contributed by atoms with Crippen molar-refractivity contribution in [3.05, 3.63) is 24.0 Å². The van der Waals surface area contributed by atoms with E-state index in [1.54, 1.807) is 6.20 Å². The van der Waals surface area contributed by atoms with Crippen LogP contribution in [0.1, 0.15) is 38.3 Å². The molecular weight excluding hydrogens is 198 g/mol. The Morgan fingerprint density at radius 1 is 1.25 bits per heavy atom. The number of aromatic nitrogens is 1. The SMILES string of the molecule is CC.CN1CCC(c2ccc(N)cn2)CC1. The Labute approximate surface area is 98.7 Å². The molecule has 16 heavy (non-hydrogen) atoms. The second kappa shape index (κ2) is 6.48. The van der Waals surface area contributed by atoms with Crippen molar-refractivity contribution >= 4 is 5.69 Å². The quantitative estimate of drug-likeness (QED) is 0.792. The molecule has 1 aromatic rings. The third kappa shape index (κ3) is 3.49. The molecular formula is C13H23N3. The second-order valence-corrected chi connectivity index (χ2v) is 4.09. The van der Waals surface area contributed by atoms with Crippen LogP contribution in [0.25, 0.3) is 0 Å². The van der Waals surface area contributed by atoms with Crippen molar-refractivity contribution in [2.75, 3.05) is 25.9 Å². The highest BCUT2D eigenvalue weighted by molar-refractivity contribution is 5.35. The van der Waals surface area contributed by atoms with Crippen LogP contribution < -0.4 is 5.73 Å². The van der Waals surface area contributed by atoms with Gasteiger partial charge in [-0.25, -0.2) is 0 Å². The third-order valence-electron chi connectivity index (χ3n) is 2.95. The predicted octanol–water partition coefficient (Wildman–Crippen LogP) is 2.50. The highest BCUT2D eigenvalue weighted by Crippen LogP contribution is 2.25. The molecule has 90 valence electrons. The van der Waals surface area contributed by atoms with E-state index in [0.717, 1.165) is 5.69 Å². The first-order valence-corrected chi connectivity index (χ1v) is 6.15. The molecule has 1 aliphatic rings. The lowest BCUT2D eigenvalue weighted by atomic mass is 9.93. The highest BCUT2D eigenvalue weighted by atomic mass is 15.1. The second-order valence-electron chi connectivity index (χ2n) is 4.09. The van der Waals surface area contributed by atoms with E-state index in [2.05, 4.69) is 23.0 Å². The fraction of sp³-hybridized carbons (Fsp3) is 0.615. The lowest BCUT2D eigenvalue weighted by Gasteiger charge is -2.28. The van der Waals surface area contributed by atoms with Crippen LogP contribution in [0, 0.1) is 0 Å². The van der Waals surface area contributed by atoms with Crippen LogP contribution in [0.5, 0.6) is 0 Å². The van der Waals surface area contributed by atoms with Gasteiger partial charge in [0.1, 0.15) is 0 Å². The molecule has 1 aliphatic heterocycles. The van der Waals surface area contributed by atoms with Crippen molar-refractivity contribution in [3.8, 4) is 0 Å². The van der Waals surface area contributed by atoms with Crippen LogP contribution in [-0.2, 0) is 0 Å². The number of nitrogens with two attached hydrogens (primary N) is 1. The Hall–Kier alpha value is -1.09. The van der Waals surface area contributed by atoms with Crippen molar-refractivity contribution in [1.29, 1.82) is 0 Å². The Morgan fingerprint density at radius 2 is 1.88 bits per heavy atom. The van der Waals surface area contributed by atoms with Gasteiger partial charge in [0.25, 0.3) is 0 Å². The third-order valence-corrected chi connectivity index (χ3v) is 2.95. The molecule has 1 fully saturated rings. The maximum Gasteiger partial charge on any atom is 0.0501 e. The number of likely N-dealkylation sites (tertiary alicyclic amines) is 1. The Morgan fingerprint density at radius 3 is 2.38 bits per heavy atom. The van der Waals surface area contributed by atoms with Crippen LogP contribution >= 0.6 is 0 Å². The largest absolute Gasteiger partial charge is 0.397 e. The Bertz CT molecular complexity index is 287. The molecule has 2 heterocycles. The molecule has 0 atom stereocenters. The summed E-state index contributed by atoms with van der Waals surface area (Å²) in [5.41, 5.74) is 7.56. The summed E-state index contributed by atoms with van der Waals surface area (Å²) in [6, 6.07) is 4.01. The average Bonchev–Trinajstić information content (AvgIpc) is 2.34. The maximum absolute atomic E-state index is 5.61. The van der Waals surface area contributed by atoms with Gasteiger partial charge in [-0.05, 0) is 45.1 Å². The van der Waals surface area contributed by atoms with Gasteiger partial charge in [0.05, 0.1) is 11.9 Å². The average molecular weight is 221 g/mol. The zero-order chi connectivity index (χ0) is 12.0. The molecule has 0 amide bonds. The van der Waals surface area contributed by atoms with E-state index in [0.29, 0.717) is 5.92 Å². The van der Waals surface area contributed by atoms with E-state index in [9.17, 15) is 0 Å². The number of pyridine rings is 1. The lowest BCUT2D eigenvalue weighted by molar-refractivity contribution is 0.253. The zero-order valence-electron chi connectivity index (χ0n) is 10.6. The Kier molecular flexibility index (Phi) is 5.26. The standard InChI is InChI=1S/C11H17N3.C2H6/c1-14-6-4-9(5-7-14)11-3-2-10(12)8-13-11;1-2/h2-3,8-9H,4-7,12H2,1H3;1-2H3. The molecule has 1 saturated heterocycles. The first kappa shape index (κ1) is 13.0. The summed E-state index contributed by atoms with van der Waals surface area (Å²) in [6.45, 7) is 6.35. The summed E-state index contributed by atoms with van der Waals surface area (Å²) in [5.74, 6) is 0.631. The smallest absolute Gasteiger partial charge is 0.0501 e. The summed E-state index contributed by atoms with van der Waals surface area (Å²) in [4.78, 5) is 6.75. The first-order chi connectivity index (χ1) is 7.75. The van der Waals surface area contributed by atoms with E-state index in [4.69, 9.17) is 5.73 Å². The number of anilines is 1. The minimum absolute atomic E-state index is 0.631. The van der Waals surface area contributed by atoms with Gasteiger partial charge in [-0.1, -0.05) is 13.8 Å². The molecule has 3 heteroatoms. The summed E-state index contributed by atoms with van der Waals surface area (Å²) in [7, 11) is 2.17. The van der Waals surface area contributed by atoms with Gasteiger partial charge >= 0.3 is 0 Å². The zero-order valence-corrected chi connectivity index (χ0v) is 10.6. The molecule has 0 aromatic carbocycles. The molecule has 0 aliphatic carbocycles. The van der Waals surface area contributed by atoms with E-state index in [-0.39, 0.29) is 0 Å². The molecule has 0 spiro atoms. The van der Waals surface area contributed by atoms with E-state index in [1.807, 2.05) is 19.9 Å². The van der Waals surface area contributed by atoms with E-state index in [1.165, 1.54) is 31.6 Å². The predicted molar refractivity (Wildman–Crippen MR) is 69.5 cm³/mol. The van der Waals surface area contributed by atoms with Crippen molar-refractivity contribution in [3.63, 3.8) is 0 Å². The molecule has 3 nitrogen and oxygen atoms in total. The van der Waals surface area contributed by atoms with Crippen molar-refractivity contribution in [1.82, 2.24) is 9.88 Å². The summed E-state index contributed by atoms with van der Waals surface area (Å²) < 4.78 is 0. The van der Waals surface area contributed by atoms with Gasteiger partial charge in [0, 0.05) is 11.6 Å². The normalized spacial score (nSPS) is 17.7. The van der Waals surface area contributed by atoms with Crippen LogP contribution in [0.2, 0.25) is 0 Å². The summed E-state index contributed by atoms with van der Waals surface area (Å²) in [6.07, 6.45) is 4.19. The number of hydrogen-bond donors (Lipinski definition) is 1. The molecule has 2 N–H and O–H groups in total. The van der Waals surface area contributed by atoms with Gasteiger partial charge in [0.2, 0.25) is 0 Å². The van der Waals surface area contributed by atoms with Crippen LogP contribution in [-0.4, -0.2) is 30.0 Å². The highest BCUT2D eigenvalue weighted by Gasteiger charge is 2.18. The molecule has 0 unspecified atom stereocenters. The molecule has 0 bridgehead atoms. The molecule has 0 saturated carbocycles. The minimum atomic E-state index is 0.631. The minimum Gasteiger partial charge on any atom is -0.397 e. The number of piperidine rings is 1. The van der Waals surface area contributed by atoms with Crippen molar-refractivity contribution < 1.29 is 0 Å². The molecule has 1 aromatic heterocycles. The number of rotatable bonds is 1. The Balaban J connectivity index is 0.000000606. The molecule has 0 radical (unpaired) electrons. The van der Waals surface area contributed by atoms with E-state index < -0.39 is 0 Å². The fourth-order valence-electron chi connectivity index (χ4n) is 1.96. The number of hydrogen-bond acceptors (Lipinski definition) is 3. The topological polar surface area (TPSA) is 42.1 Å². The van der Waals surface area contributed by atoms with Gasteiger partial charge in [-0.3, -0.25) is 4.98 Å². The van der Waals surface area contributed by atoms with E-state index >= 15 is 0 Å². The first-order valence-electron chi connectivity index (χ1n) is 6.15. The van der Waals surface area contributed by atoms with Crippen LogP contribution in [0.4, 0.5) is 5.69 Å².